The highest BCUT2D eigenvalue weighted by Gasteiger charge is 2.11. The van der Waals surface area contributed by atoms with Crippen molar-refractivity contribution in [3.63, 3.8) is 0 Å². The Morgan fingerprint density at radius 1 is 1.38 bits per heavy atom. The zero-order valence-corrected chi connectivity index (χ0v) is 11.4. The average Bonchev–Trinajstić information content (AvgIpc) is 2.74. The van der Waals surface area contributed by atoms with Gasteiger partial charge in [0, 0.05) is 11.3 Å². The third-order valence-corrected chi connectivity index (χ3v) is 4.21. The van der Waals surface area contributed by atoms with E-state index in [1.54, 1.807) is 17.4 Å². The first-order valence-electron chi connectivity index (χ1n) is 4.78. The summed E-state index contributed by atoms with van der Waals surface area (Å²) in [5.74, 6) is -0.269. The van der Waals surface area contributed by atoms with E-state index in [1.807, 2.05) is 23.6 Å². The zero-order valence-electron chi connectivity index (χ0n) is 8.29. The van der Waals surface area contributed by atoms with Gasteiger partial charge in [-0.2, -0.15) is 0 Å². The fourth-order valence-corrected chi connectivity index (χ4v) is 2.82. The van der Waals surface area contributed by atoms with E-state index >= 15 is 0 Å². The lowest BCUT2D eigenvalue weighted by molar-refractivity contribution is 0.618. The Labute approximate surface area is 111 Å². The van der Waals surface area contributed by atoms with E-state index < -0.39 is 0 Å². The Bertz CT molecular complexity index is 470. The van der Waals surface area contributed by atoms with Crippen LogP contribution in [0.1, 0.15) is 15.8 Å². The maximum absolute atomic E-state index is 13.3. The van der Waals surface area contributed by atoms with Crippen molar-refractivity contribution in [2.75, 3.05) is 0 Å². The van der Waals surface area contributed by atoms with E-state index in [9.17, 15) is 4.39 Å². The monoisotopic (exact) mass is 318 g/mol. The van der Waals surface area contributed by atoms with Crippen molar-refractivity contribution in [3.05, 3.63) is 56.4 Å². The normalized spacial score (nSPS) is 12.7. The zero-order chi connectivity index (χ0) is 11.5. The van der Waals surface area contributed by atoms with Crippen LogP contribution < -0.4 is 0 Å². The van der Waals surface area contributed by atoms with E-state index in [2.05, 4.69) is 15.9 Å². The highest BCUT2D eigenvalue weighted by Crippen LogP contribution is 2.29. The van der Waals surface area contributed by atoms with Gasteiger partial charge in [0.15, 0.2) is 0 Å². The minimum Gasteiger partial charge on any atom is -0.206 e. The quantitative estimate of drug-likeness (QED) is 0.684. The molecule has 0 bridgehead atoms. The summed E-state index contributed by atoms with van der Waals surface area (Å²) in [6.07, 6.45) is 0.736. The molecule has 84 valence electrons. The van der Waals surface area contributed by atoms with Crippen molar-refractivity contribution < 1.29 is 4.39 Å². The van der Waals surface area contributed by atoms with Gasteiger partial charge in [0.25, 0.3) is 0 Å². The van der Waals surface area contributed by atoms with E-state index in [1.165, 1.54) is 10.9 Å². The first kappa shape index (κ1) is 12.1. The predicted molar refractivity (Wildman–Crippen MR) is 70.7 cm³/mol. The first-order valence-corrected chi connectivity index (χ1v) is 6.89. The fraction of sp³-hybridized carbons (Fsp3) is 0.167. The second-order valence-corrected chi connectivity index (χ2v) is 5.84. The van der Waals surface area contributed by atoms with E-state index in [0.29, 0.717) is 4.47 Å². The number of rotatable bonds is 3. The number of thiophene rings is 1. The van der Waals surface area contributed by atoms with Gasteiger partial charge in [-0.15, -0.1) is 22.9 Å². The topological polar surface area (TPSA) is 0 Å². The Hall–Kier alpha value is -0.380. The molecule has 0 spiro atoms. The molecule has 2 rings (SSSR count). The van der Waals surface area contributed by atoms with Crippen LogP contribution in [0.25, 0.3) is 0 Å². The molecule has 0 nitrogen and oxygen atoms in total. The highest BCUT2D eigenvalue weighted by atomic mass is 79.9. The number of hydrogen-bond acceptors (Lipinski definition) is 1. The molecule has 1 aromatic carbocycles. The molecule has 0 N–H and O–H groups in total. The average molecular weight is 320 g/mol. The minimum absolute atomic E-state index is 0.179. The third-order valence-electron chi connectivity index (χ3n) is 2.27. The molecule has 0 aliphatic heterocycles. The number of benzene rings is 1. The van der Waals surface area contributed by atoms with Crippen LogP contribution in [-0.4, -0.2) is 0 Å². The fourth-order valence-electron chi connectivity index (χ4n) is 1.43. The molecule has 1 atom stereocenters. The molecule has 2 aromatic rings. The summed E-state index contributed by atoms with van der Waals surface area (Å²) < 4.78 is 13.8. The van der Waals surface area contributed by atoms with Crippen LogP contribution in [0.4, 0.5) is 4.39 Å². The van der Waals surface area contributed by atoms with Crippen molar-refractivity contribution in [2.45, 2.75) is 11.8 Å². The Balaban J connectivity index is 2.14. The van der Waals surface area contributed by atoms with Crippen LogP contribution in [0, 0.1) is 5.82 Å². The van der Waals surface area contributed by atoms with Gasteiger partial charge in [-0.1, -0.05) is 12.1 Å². The van der Waals surface area contributed by atoms with Crippen LogP contribution in [0.2, 0.25) is 0 Å². The van der Waals surface area contributed by atoms with Gasteiger partial charge in [-0.25, -0.2) is 4.39 Å². The molecular formula is C12H9BrClFS. The van der Waals surface area contributed by atoms with E-state index in [4.69, 9.17) is 11.6 Å². The predicted octanol–water partition coefficient (Wildman–Crippen LogP) is 5.17. The molecule has 4 heteroatoms. The molecule has 1 aromatic heterocycles. The van der Waals surface area contributed by atoms with Crippen molar-refractivity contribution >= 4 is 38.9 Å². The Morgan fingerprint density at radius 3 is 2.81 bits per heavy atom. The van der Waals surface area contributed by atoms with Gasteiger partial charge >= 0.3 is 0 Å². The summed E-state index contributed by atoms with van der Waals surface area (Å²) in [5.41, 5.74) is 0.816. The van der Waals surface area contributed by atoms with Crippen molar-refractivity contribution in [1.29, 1.82) is 0 Å². The summed E-state index contributed by atoms with van der Waals surface area (Å²) in [4.78, 5) is 1.21. The standard InChI is InChI=1S/C12H9BrClFS/c13-10-4-3-8(6-12(10)15)11(14)7-9-2-1-5-16-9/h1-6,11H,7H2. The van der Waals surface area contributed by atoms with Crippen molar-refractivity contribution in [1.82, 2.24) is 0 Å². The number of halogens is 3. The summed E-state index contributed by atoms with van der Waals surface area (Å²) in [6.45, 7) is 0. The molecule has 0 saturated carbocycles. The molecule has 16 heavy (non-hydrogen) atoms. The van der Waals surface area contributed by atoms with Gasteiger partial charge in [-0.05, 0) is 45.1 Å². The molecular weight excluding hydrogens is 311 g/mol. The molecule has 0 amide bonds. The summed E-state index contributed by atoms with van der Waals surface area (Å²) in [5, 5.41) is 1.84. The number of hydrogen-bond donors (Lipinski definition) is 0. The molecule has 0 saturated heterocycles. The van der Waals surface area contributed by atoms with Gasteiger partial charge in [-0.3, -0.25) is 0 Å². The van der Waals surface area contributed by atoms with E-state index in [-0.39, 0.29) is 11.2 Å². The molecule has 1 unspecified atom stereocenters. The van der Waals surface area contributed by atoms with Crippen LogP contribution in [-0.2, 0) is 6.42 Å². The lowest BCUT2D eigenvalue weighted by Crippen LogP contribution is -1.95. The molecule has 0 fully saturated rings. The molecule has 0 aliphatic rings. The van der Waals surface area contributed by atoms with Crippen LogP contribution in [0.15, 0.2) is 40.2 Å². The lowest BCUT2D eigenvalue weighted by Gasteiger charge is -2.09. The van der Waals surface area contributed by atoms with Gasteiger partial charge in [0.1, 0.15) is 5.82 Å². The maximum Gasteiger partial charge on any atom is 0.137 e. The van der Waals surface area contributed by atoms with Crippen LogP contribution in [0.5, 0.6) is 0 Å². The highest BCUT2D eigenvalue weighted by molar-refractivity contribution is 9.10. The second kappa shape index (κ2) is 5.30. The third kappa shape index (κ3) is 2.84. The molecule has 0 radical (unpaired) electrons. The van der Waals surface area contributed by atoms with E-state index in [0.717, 1.165) is 12.0 Å². The maximum atomic E-state index is 13.3. The summed E-state index contributed by atoms with van der Waals surface area (Å²) in [6, 6.07) is 9.04. The van der Waals surface area contributed by atoms with Gasteiger partial charge in [0.05, 0.1) is 9.85 Å². The largest absolute Gasteiger partial charge is 0.206 e. The molecule has 0 aliphatic carbocycles. The minimum atomic E-state index is -0.269. The van der Waals surface area contributed by atoms with Gasteiger partial charge < -0.3 is 0 Å². The SMILES string of the molecule is Fc1cc(C(Cl)Cc2cccs2)ccc1Br. The van der Waals surface area contributed by atoms with Gasteiger partial charge in [0.2, 0.25) is 0 Å². The Kier molecular flexibility index (Phi) is 4.00. The smallest absolute Gasteiger partial charge is 0.137 e. The Morgan fingerprint density at radius 2 is 2.19 bits per heavy atom. The molecule has 1 heterocycles. The van der Waals surface area contributed by atoms with Crippen molar-refractivity contribution in [2.24, 2.45) is 0 Å². The first-order chi connectivity index (χ1) is 7.66. The summed E-state index contributed by atoms with van der Waals surface area (Å²) >= 11 is 11.0. The van der Waals surface area contributed by atoms with Crippen LogP contribution in [0.3, 0.4) is 0 Å². The second-order valence-electron chi connectivity index (χ2n) is 3.42. The lowest BCUT2D eigenvalue weighted by atomic mass is 10.1. The summed E-state index contributed by atoms with van der Waals surface area (Å²) in [7, 11) is 0. The van der Waals surface area contributed by atoms with Crippen LogP contribution >= 0.6 is 38.9 Å². The van der Waals surface area contributed by atoms with Crippen molar-refractivity contribution in [3.8, 4) is 0 Å². The number of alkyl halides is 1.